The summed E-state index contributed by atoms with van der Waals surface area (Å²) in [5.41, 5.74) is 1.08. The molecular formula is C23H16F3NO5. The lowest BCUT2D eigenvalue weighted by atomic mass is 9.94. The lowest BCUT2D eigenvalue weighted by Gasteiger charge is -2.27. The fourth-order valence-electron chi connectivity index (χ4n) is 3.63. The van der Waals surface area contributed by atoms with Crippen molar-refractivity contribution in [2.45, 2.75) is 19.3 Å². The third-order valence-electron chi connectivity index (χ3n) is 4.88. The zero-order valence-electron chi connectivity index (χ0n) is 16.6. The van der Waals surface area contributed by atoms with Gasteiger partial charge in [0.15, 0.2) is 11.5 Å². The molecule has 9 heteroatoms. The zero-order chi connectivity index (χ0) is 23.0. The summed E-state index contributed by atoms with van der Waals surface area (Å²) >= 11 is 0. The lowest BCUT2D eigenvalue weighted by Crippen LogP contribution is -2.31. The molecule has 1 atom stereocenters. The van der Waals surface area contributed by atoms with Gasteiger partial charge >= 0.3 is 6.36 Å². The Kier molecular flexibility index (Phi) is 5.25. The summed E-state index contributed by atoms with van der Waals surface area (Å²) in [6.07, 6.45) is -3.65. The molecule has 0 bridgehead atoms. The second-order valence-electron chi connectivity index (χ2n) is 7.11. The van der Waals surface area contributed by atoms with E-state index in [0.717, 1.165) is 22.6 Å². The Morgan fingerprint density at radius 3 is 2.50 bits per heavy atom. The maximum atomic E-state index is 13.1. The van der Waals surface area contributed by atoms with Gasteiger partial charge < -0.3 is 14.3 Å². The van der Waals surface area contributed by atoms with Crippen LogP contribution in [0.25, 0.3) is 0 Å². The van der Waals surface area contributed by atoms with Crippen molar-refractivity contribution in [3.63, 3.8) is 0 Å². The van der Waals surface area contributed by atoms with Gasteiger partial charge in [-0.1, -0.05) is 35.9 Å². The van der Waals surface area contributed by atoms with Gasteiger partial charge in [-0.2, -0.15) is 0 Å². The van der Waals surface area contributed by atoms with E-state index >= 15 is 0 Å². The molecule has 4 rings (SSSR count). The molecule has 0 radical (unpaired) electrons. The highest BCUT2D eigenvalue weighted by Crippen LogP contribution is 2.43. The topological polar surface area (TPSA) is 80.0 Å². The van der Waals surface area contributed by atoms with E-state index < -0.39 is 35.6 Å². The fraction of sp³-hybridized carbons (Fsp3) is 0.130. The highest BCUT2D eigenvalue weighted by atomic mass is 19.4. The number of alkyl halides is 3. The third-order valence-corrected chi connectivity index (χ3v) is 4.88. The number of furan rings is 1. The largest absolute Gasteiger partial charge is 0.573 e. The summed E-state index contributed by atoms with van der Waals surface area (Å²) < 4.78 is 47.2. The number of benzene rings is 2. The first-order valence-corrected chi connectivity index (χ1v) is 9.43. The zero-order valence-corrected chi connectivity index (χ0v) is 16.6. The Morgan fingerprint density at radius 2 is 1.84 bits per heavy atom. The van der Waals surface area contributed by atoms with E-state index in [4.69, 9.17) is 4.42 Å². The number of halogens is 3. The molecule has 0 fully saturated rings. The van der Waals surface area contributed by atoms with Crippen molar-refractivity contribution in [1.29, 1.82) is 0 Å². The highest BCUT2D eigenvalue weighted by molar-refractivity contribution is 6.20. The minimum absolute atomic E-state index is 0.0112. The molecule has 0 saturated carbocycles. The molecule has 1 aromatic heterocycles. The smallest absolute Gasteiger partial charge is 0.503 e. The molecule has 1 aliphatic rings. The second-order valence-corrected chi connectivity index (χ2v) is 7.11. The summed E-state index contributed by atoms with van der Waals surface area (Å²) in [5, 5.41) is 10.6. The second kappa shape index (κ2) is 7.92. The van der Waals surface area contributed by atoms with Crippen LogP contribution in [-0.4, -0.2) is 23.2 Å². The molecule has 1 N–H and O–H groups in total. The number of rotatable bonds is 5. The average Bonchev–Trinajstić information content (AvgIpc) is 3.34. The SMILES string of the molecule is Cc1cccc(C2C(C(=O)c3ccco3)=C(O)C(=O)N2c2cccc(OC(F)(F)F)c2)c1. The summed E-state index contributed by atoms with van der Waals surface area (Å²) in [7, 11) is 0. The van der Waals surface area contributed by atoms with Gasteiger partial charge in [-0.15, -0.1) is 13.2 Å². The third kappa shape index (κ3) is 3.96. The van der Waals surface area contributed by atoms with Crippen LogP contribution in [0.3, 0.4) is 0 Å². The number of hydrogen-bond acceptors (Lipinski definition) is 5. The number of anilines is 1. The van der Waals surface area contributed by atoms with Crippen molar-refractivity contribution in [2.24, 2.45) is 0 Å². The van der Waals surface area contributed by atoms with Gasteiger partial charge in [-0.3, -0.25) is 14.5 Å². The van der Waals surface area contributed by atoms with Crippen molar-refractivity contribution in [3.05, 3.63) is 95.1 Å². The van der Waals surface area contributed by atoms with E-state index in [2.05, 4.69) is 4.74 Å². The van der Waals surface area contributed by atoms with Crippen molar-refractivity contribution in [2.75, 3.05) is 4.90 Å². The number of amides is 1. The van der Waals surface area contributed by atoms with Gasteiger partial charge in [0, 0.05) is 11.8 Å². The van der Waals surface area contributed by atoms with Crippen LogP contribution < -0.4 is 9.64 Å². The lowest BCUT2D eigenvalue weighted by molar-refractivity contribution is -0.274. The molecule has 2 aromatic carbocycles. The van der Waals surface area contributed by atoms with Crippen LogP contribution in [0.4, 0.5) is 18.9 Å². The van der Waals surface area contributed by atoms with Gasteiger partial charge in [0.2, 0.25) is 5.78 Å². The number of carbonyl (C=O) groups excluding carboxylic acids is 2. The first-order chi connectivity index (χ1) is 15.2. The van der Waals surface area contributed by atoms with E-state index in [1.807, 2.05) is 0 Å². The molecule has 0 spiro atoms. The van der Waals surface area contributed by atoms with Gasteiger partial charge in [0.1, 0.15) is 5.75 Å². The van der Waals surface area contributed by atoms with Crippen LogP contribution in [-0.2, 0) is 4.79 Å². The summed E-state index contributed by atoms with van der Waals surface area (Å²) in [5.74, 6) is -3.09. The molecule has 0 saturated heterocycles. The predicted octanol–water partition coefficient (Wildman–Crippen LogP) is 5.27. The minimum atomic E-state index is -4.93. The molecule has 1 amide bonds. The number of aliphatic hydroxyl groups is 1. The number of ether oxygens (including phenoxy) is 1. The molecule has 32 heavy (non-hydrogen) atoms. The number of nitrogens with zero attached hydrogens (tertiary/aromatic N) is 1. The Bertz CT molecular complexity index is 1210. The first-order valence-electron chi connectivity index (χ1n) is 9.43. The molecule has 2 heterocycles. The van der Waals surface area contributed by atoms with Crippen molar-refractivity contribution in [1.82, 2.24) is 0 Å². The molecule has 164 valence electrons. The summed E-state index contributed by atoms with van der Waals surface area (Å²) in [6, 6.07) is 13.4. The van der Waals surface area contributed by atoms with Gasteiger partial charge in [0.05, 0.1) is 17.9 Å². The normalized spacial score (nSPS) is 16.6. The van der Waals surface area contributed by atoms with E-state index in [1.165, 1.54) is 30.5 Å². The average molecular weight is 443 g/mol. The number of hydrogen-bond donors (Lipinski definition) is 1. The van der Waals surface area contributed by atoms with E-state index in [1.54, 1.807) is 31.2 Å². The van der Waals surface area contributed by atoms with Gasteiger partial charge in [-0.25, -0.2) is 0 Å². The van der Waals surface area contributed by atoms with Crippen molar-refractivity contribution in [3.8, 4) is 5.75 Å². The fourth-order valence-corrected chi connectivity index (χ4v) is 3.63. The highest BCUT2D eigenvalue weighted by Gasteiger charge is 2.45. The summed E-state index contributed by atoms with van der Waals surface area (Å²) in [6.45, 7) is 1.81. The van der Waals surface area contributed by atoms with Gasteiger partial charge in [0.25, 0.3) is 5.91 Å². The number of ketones is 1. The molecule has 6 nitrogen and oxygen atoms in total. The van der Waals surface area contributed by atoms with Crippen LogP contribution >= 0.6 is 0 Å². The van der Waals surface area contributed by atoms with Crippen LogP contribution in [0, 0.1) is 6.92 Å². The molecule has 0 aliphatic carbocycles. The number of carbonyl (C=O) groups is 2. The van der Waals surface area contributed by atoms with Crippen LogP contribution in [0.5, 0.6) is 5.75 Å². The maximum absolute atomic E-state index is 13.1. The quantitative estimate of drug-likeness (QED) is 0.544. The van der Waals surface area contributed by atoms with Gasteiger partial charge in [-0.05, 0) is 36.8 Å². The maximum Gasteiger partial charge on any atom is 0.573 e. The van der Waals surface area contributed by atoms with E-state index in [-0.39, 0.29) is 17.0 Å². The molecular weight excluding hydrogens is 427 g/mol. The number of aliphatic hydroxyl groups excluding tert-OH is 1. The molecule has 3 aromatic rings. The van der Waals surface area contributed by atoms with Crippen LogP contribution in [0.1, 0.15) is 27.7 Å². The van der Waals surface area contributed by atoms with Crippen LogP contribution in [0.2, 0.25) is 0 Å². The Balaban J connectivity index is 1.85. The van der Waals surface area contributed by atoms with Crippen molar-refractivity contribution < 1.29 is 37.0 Å². The van der Waals surface area contributed by atoms with Crippen molar-refractivity contribution >= 4 is 17.4 Å². The number of aryl methyl sites for hydroxylation is 1. The van der Waals surface area contributed by atoms with Crippen LogP contribution in [0.15, 0.2) is 82.7 Å². The molecule has 1 unspecified atom stereocenters. The Labute approximate surface area is 180 Å². The monoisotopic (exact) mass is 443 g/mol. The standard InChI is InChI=1S/C23H16F3NO5/c1-13-5-2-6-14(11-13)19-18(20(28)17-9-4-10-31-17)21(29)22(30)27(19)15-7-3-8-16(12-15)32-23(24,25)26/h2-12,19,29H,1H3. The number of Topliss-reactive ketones (excluding diaryl/α,β-unsaturated/α-hetero) is 1. The molecule has 1 aliphatic heterocycles. The van der Waals surface area contributed by atoms with E-state index in [0.29, 0.717) is 5.56 Å². The predicted molar refractivity (Wildman–Crippen MR) is 107 cm³/mol. The Hall–Kier alpha value is -4.01. The Morgan fingerprint density at radius 1 is 1.09 bits per heavy atom. The first kappa shape index (κ1) is 21.2. The minimum Gasteiger partial charge on any atom is -0.503 e. The van der Waals surface area contributed by atoms with E-state index in [9.17, 15) is 27.9 Å². The summed E-state index contributed by atoms with van der Waals surface area (Å²) in [4.78, 5) is 27.2.